The van der Waals surface area contributed by atoms with Crippen LogP contribution in [0.2, 0.25) is 0 Å². The van der Waals surface area contributed by atoms with Gasteiger partial charge in [-0.25, -0.2) is 4.39 Å². The second-order valence-corrected chi connectivity index (χ2v) is 4.41. The van der Waals surface area contributed by atoms with Crippen LogP contribution in [0, 0.1) is 21.8 Å². The minimum atomic E-state index is -0.814. The molecule has 0 heterocycles. The maximum Gasteiger partial charge on any atom is 0.313 e. The van der Waals surface area contributed by atoms with Gasteiger partial charge in [-0.15, -0.1) is 12.4 Å². The monoisotopic (exact) mass is 276 g/mol. The molecule has 0 aliphatic heterocycles. The summed E-state index contributed by atoms with van der Waals surface area (Å²) >= 11 is 0. The Labute approximate surface area is 109 Å². The summed E-state index contributed by atoms with van der Waals surface area (Å²) in [6.45, 7) is 0. The molecule has 1 saturated carbocycles. The molecule has 5 nitrogen and oxygen atoms in total. The van der Waals surface area contributed by atoms with Crippen molar-refractivity contribution in [1.82, 2.24) is 0 Å². The molecule has 0 aromatic heterocycles. The fourth-order valence-corrected chi connectivity index (χ4v) is 1.87. The molecule has 1 aromatic carbocycles. The third-order valence-electron chi connectivity index (χ3n) is 2.96. The Balaban J connectivity index is 0.00000162. The lowest BCUT2D eigenvalue weighted by Gasteiger charge is -2.13. The molecule has 0 saturated heterocycles. The highest BCUT2D eigenvalue weighted by Crippen LogP contribution is 2.41. The zero-order valence-electron chi connectivity index (χ0n) is 9.51. The van der Waals surface area contributed by atoms with Crippen LogP contribution in [0.1, 0.15) is 30.9 Å². The summed E-state index contributed by atoms with van der Waals surface area (Å²) in [5.74, 6) is -0.785. The smallest absolute Gasteiger partial charge is 0.313 e. The first-order valence-corrected chi connectivity index (χ1v) is 5.41. The summed E-state index contributed by atoms with van der Waals surface area (Å²) in [5.41, 5.74) is 5.31. The summed E-state index contributed by atoms with van der Waals surface area (Å²) in [4.78, 5) is 9.81. The van der Waals surface area contributed by atoms with Crippen molar-refractivity contribution in [3.8, 4) is 5.75 Å². The number of aromatic hydroxyl groups is 1. The number of hydrogen-bond acceptors (Lipinski definition) is 4. The van der Waals surface area contributed by atoms with Crippen LogP contribution in [0.25, 0.3) is 0 Å². The van der Waals surface area contributed by atoms with Crippen molar-refractivity contribution < 1.29 is 14.4 Å². The zero-order valence-corrected chi connectivity index (χ0v) is 10.3. The quantitative estimate of drug-likeness (QED) is 0.653. The number of phenols is 1. The number of halogens is 2. The normalized spacial score (nSPS) is 15.9. The minimum absolute atomic E-state index is 0. The molecular weight excluding hydrogens is 263 g/mol. The van der Waals surface area contributed by atoms with Crippen molar-refractivity contribution >= 4 is 18.1 Å². The van der Waals surface area contributed by atoms with Crippen LogP contribution < -0.4 is 5.73 Å². The van der Waals surface area contributed by atoms with Crippen LogP contribution in [-0.4, -0.2) is 10.0 Å². The Morgan fingerprint density at radius 2 is 2.17 bits per heavy atom. The lowest BCUT2D eigenvalue weighted by molar-refractivity contribution is -0.386. The van der Waals surface area contributed by atoms with Gasteiger partial charge in [0.2, 0.25) is 0 Å². The summed E-state index contributed by atoms with van der Waals surface area (Å²) in [7, 11) is 0. The second kappa shape index (κ2) is 5.49. The van der Waals surface area contributed by atoms with Crippen LogP contribution >= 0.6 is 12.4 Å². The van der Waals surface area contributed by atoms with Crippen LogP contribution in [0.4, 0.5) is 10.1 Å². The average Bonchev–Trinajstić information content (AvgIpc) is 3.04. The fourth-order valence-electron chi connectivity index (χ4n) is 1.87. The van der Waals surface area contributed by atoms with E-state index in [2.05, 4.69) is 0 Å². The molecule has 1 aliphatic rings. The fraction of sp³-hybridized carbons (Fsp3) is 0.455. The number of nitrogens with two attached hydrogens (primary N) is 1. The number of hydrogen-bond donors (Lipinski definition) is 2. The highest BCUT2D eigenvalue weighted by molar-refractivity contribution is 5.85. The van der Waals surface area contributed by atoms with Crippen molar-refractivity contribution in [3.63, 3.8) is 0 Å². The van der Waals surface area contributed by atoms with E-state index in [1.54, 1.807) is 0 Å². The van der Waals surface area contributed by atoms with Gasteiger partial charge in [0, 0.05) is 11.6 Å². The Kier molecular flexibility index (Phi) is 4.48. The number of rotatable bonds is 4. The van der Waals surface area contributed by atoms with Gasteiger partial charge in [0.25, 0.3) is 0 Å². The number of benzene rings is 1. The Morgan fingerprint density at radius 3 is 2.67 bits per heavy atom. The van der Waals surface area contributed by atoms with Gasteiger partial charge in [-0.2, -0.15) is 0 Å². The van der Waals surface area contributed by atoms with E-state index in [0.717, 1.165) is 18.9 Å². The van der Waals surface area contributed by atoms with E-state index < -0.39 is 28.2 Å². The molecule has 0 unspecified atom stereocenters. The minimum Gasteiger partial charge on any atom is -0.502 e. The molecule has 0 bridgehead atoms. The molecule has 18 heavy (non-hydrogen) atoms. The summed E-state index contributed by atoms with van der Waals surface area (Å²) in [5, 5.41) is 20.3. The highest BCUT2D eigenvalue weighted by atomic mass is 35.5. The predicted octanol–water partition coefficient (Wildman–Crippen LogP) is 2.66. The van der Waals surface area contributed by atoms with E-state index in [0.29, 0.717) is 18.4 Å². The van der Waals surface area contributed by atoms with Crippen molar-refractivity contribution in [2.45, 2.75) is 25.3 Å². The summed E-state index contributed by atoms with van der Waals surface area (Å²) in [6, 6.07) is 1.20. The van der Waals surface area contributed by atoms with Gasteiger partial charge in [-0.1, -0.05) is 12.8 Å². The standard InChI is InChI=1S/C11H13FN2O3.ClH/c12-7-4-8(9(13)3-6-1-2-6)11(15)10(5-7)14(16)17;/h4-6,9,15H,1-3,13H2;1H/t9-;/m1./s1. The van der Waals surface area contributed by atoms with E-state index in [-0.39, 0.29) is 18.0 Å². The molecular formula is C11H14ClFN2O3. The molecule has 100 valence electrons. The average molecular weight is 277 g/mol. The Hall–Kier alpha value is -1.40. The van der Waals surface area contributed by atoms with Crippen molar-refractivity contribution in [2.24, 2.45) is 11.7 Å². The van der Waals surface area contributed by atoms with Gasteiger partial charge in [0.15, 0.2) is 5.75 Å². The van der Waals surface area contributed by atoms with Gasteiger partial charge >= 0.3 is 5.69 Å². The van der Waals surface area contributed by atoms with Gasteiger partial charge in [0.1, 0.15) is 5.82 Å². The van der Waals surface area contributed by atoms with Gasteiger partial charge < -0.3 is 10.8 Å². The van der Waals surface area contributed by atoms with E-state index in [9.17, 15) is 19.6 Å². The molecule has 1 aromatic rings. The second-order valence-electron chi connectivity index (χ2n) is 4.41. The molecule has 1 aliphatic carbocycles. The van der Waals surface area contributed by atoms with E-state index in [1.807, 2.05) is 0 Å². The summed E-state index contributed by atoms with van der Waals surface area (Å²) in [6.07, 6.45) is 2.77. The van der Waals surface area contributed by atoms with Crippen LogP contribution in [-0.2, 0) is 0 Å². The predicted molar refractivity (Wildman–Crippen MR) is 66.2 cm³/mol. The van der Waals surface area contributed by atoms with Gasteiger partial charge in [-0.05, 0) is 18.4 Å². The molecule has 1 fully saturated rings. The molecule has 7 heteroatoms. The van der Waals surface area contributed by atoms with Gasteiger partial charge in [-0.3, -0.25) is 10.1 Å². The van der Waals surface area contributed by atoms with Crippen LogP contribution in [0.3, 0.4) is 0 Å². The molecule has 3 N–H and O–H groups in total. The Bertz CT molecular complexity index is 466. The van der Waals surface area contributed by atoms with Crippen molar-refractivity contribution in [2.75, 3.05) is 0 Å². The van der Waals surface area contributed by atoms with E-state index in [1.165, 1.54) is 0 Å². The number of nitro groups is 1. The van der Waals surface area contributed by atoms with E-state index in [4.69, 9.17) is 5.73 Å². The number of nitrogens with zero attached hydrogens (tertiary/aromatic N) is 1. The largest absolute Gasteiger partial charge is 0.502 e. The van der Waals surface area contributed by atoms with Crippen molar-refractivity contribution in [1.29, 1.82) is 0 Å². The SMILES string of the molecule is Cl.N[C@H](CC1CC1)c1cc(F)cc([N+](=O)[O-])c1O. The van der Waals surface area contributed by atoms with Crippen LogP contribution in [0.15, 0.2) is 12.1 Å². The third kappa shape index (κ3) is 3.08. The molecule has 0 spiro atoms. The van der Waals surface area contributed by atoms with Crippen molar-refractivity contribution in [3.05, 3.63) is 33.6 Å². The topological polar surface area (TPSA) is 89.4 Å². The molecule has 1 atom stereocenters. The summed E-state index contributed by atoms with van der Waals surface area (Å²) < 4.78 is 13.2. The molecule has 0 amide bonds. The first-order chi connectivity index (χ1) is 7.99. The first-order valence-electron chi connectivity index (χ1n) is 5.41. The maximum absolute atomic E-state index is 13.2. The molecule has 0 radical (unpaired) electrons. The molecule has 2 rings (SSSR count). The van der Waals surface area contributed by atoms with Gasteiger partial charge in [0.05, 0.1) is 11.0 Å². The lowest BCUT2D eigenvalue weighted by Crippen LogP contribution is -2.12. The zero-order chi connectivity index (χ0) is 12.6. The van der Waals surface area contributed by atoms with E-state index >= 15 is 0 Å². The number of nitro benzene ring substituents is 1. The highest BCUT2D eigenvalue weighted by Gasteiger charge is 2.28. The lowest BCUT2D eigenvalue weighted by atomic mass is 10.00. The maximum atomic E-state index is 13.2. The number of phenolic OH excluding ortho intramolecular Hbond substituents is 1. The Morgan fingerprint density at radius 1 is 1.56 bits per heavy atom. The van der Waals surface area contributed by atoms with Crippen LogP contribution in [0.5, 0.6) is 5.75 Å². The first kappa shape index (κ1) is 14.7. The third-order valence-corrected chi connectivity index (χ3v) is 2.96.